The first kappa shape index (κ1) is 26.0. The van der Waals surface area contributed by atoms with E-state index in [-0.39, 0.29) is 0 Å². The van der Waals surface area contributed by atoms with Crippen molar-refractivity contribution in [3.63, 3.8) is 0 Å². The molecule has 0 radical (unpaired) electrons. The van der Waals surface area contributed by atoms with Gasteiger partial charge in [0.2, 0.25) is 0 Å². The summed E-state index contributed by atoms with van der Waals surface area (Å²) in [5.74, 6) is 0. The Kier molecular flexibility index (Phi) is 11.2. The van der Waals surface area contributed by atoms with Gasteiger partial charge in [-0.3, -0.25) is 0 Å². The fourth-order valence-electron chi connectivity index (χ4n) is 2.22. The minimum atomic E-state index is -1.52. The van der Waals surface area contributed by atoms with Crippen molar-refractivity contribution in [2.75, 3.05) is 0 Å². The third kappa shape index (κ3) is 14.2. The van der Waals surface area contributed by atoms with Crippen LogP contribution in [-0.4, -0.2) is 24.4 Å². The van der Waals surface area contributed by atoms with Gasteiger partial charge in [-0.05, 0) is 0 Å². The number of hydrogen-bond acceptors (Lipinski definition) is 2. The van der Waals surface area contributed by atoms with Gasteiger partial charge in [-0.1, -0.05) is 0 Å². The van der Waals surface area contributed by atoms with Crippen LogP contribution in [0.1, 0.15) is 41.5 Å². The summed E-state index contributed by atoms with van der Waals surface area (Å²) in [7, 11) is 0. The average molecular weight is 418 g/mol. The van der Waals surface area contributed by atoms with E-state index in [1.165, 1.54) is 0 Å². The first-order valence-corrected chi connectivity index (χ1v) is 27.9. The van der Waals surface area contributed by atoms with Gasteiger partial charge in [-0.2, -0.15) is 0 Å². The van der Waals surface area contributed by atoms with E-state index in [9.17, 15) is 0 Å². The molecule has 0 amide bonds. The third-order valence-electron chi connectivity index (χ3n) is 4.28. The van der Waals surface area contributed by atoms with Gasteiger partial charge in [0.25, 0.3) is 0 Å². The van der Waals surface area contributed by atoms with Gasteiger partial charge in [0.1, 0.15) is 0 Å². The first-order valence-electron chi connectivity index (χ1n) is 8.89. The Morgan fingerprint density at radius 3 is 0.773 bits per heavy atom. The molecule has 0 aliphatic heterocycles. The Hall–Kier alpha value is 1.78. The fraction of sp³-hybridized carbons (Fsp3) is 1.00. The summed E-state index contributed by atoms with van der Waals surface area (Å²) in [6.07, 6.45) is 0. The molecular weight excluding hydrogens is 372 g/mol. The topological polar surface area (TPSA) is 24.1 Å². The van der Waals surface area contributed by atoms with Crippen LogP contribution in [0.5, 0.6) is 0 Å². The molecule has 2 nitrogen and oxygen atoms in total. The molecule has 0 atom stereocenters. The number of rotatable bonds is 4. The molecule has 0 spiro atoms. The molecule has 0 fully saturated rings. The molecular formula is C16H46N2Si2Ti2. The fourth-order valence-corrected chi connectivity index (χ4v) is 15.1. The van der Waals surface area contributed by atoms with Crippen LogP contribution >= 0.6 is 0 Å². The Labute approximate surface area is 151 Å². The van der Waals surface area contributed by atoms with Crippen LogP contribution in [0.4, 0.5) is 0 Å². The molecule has 0 aromatic carbocycles. The Morgan fingerprint density at radius 1 is 0.545 bits per heavy atom. The van der Waals surface area contributed by atoms with E-state index in [4.69, 9.17) is 0 Å². The van der Waals surface area contributed by atoms with E-state index in [1.807, 2.05) is 0 Å². The second-order valence-corrected chi connectivity index (χ2v) is 49.4. The SMILES string of the molecule is C[SiH](C)[Ti]([CH3])([CH3])[NH]C(C)(C)C.C[SiH](C)[Ti]([CH3])([CH3])[NH]C(C)(C)C. The predicted octanol–water partition coefficient (Wildman–Crippen LogP) is 5.05. The van der Waals surface area contributed by atoms with Crippen LogP contribution in [0.3, 0.4) is 0 Å². The molecule has 6 heteroatoms. The van der Waals surface area contributed by atoms with Crippen molar-refractivity contribution in [3.05, 3.63) is 0 Å². The van der Waals surface area contributed by atoms with Crippen molar-refractivity contribution in [2.24, 2.45) is 0 Å². The second-order valence-electron chi connectivity index (χ2n) is 10.5. The third-order valence-corrected chi connectivity index (χ3v) is 42.6. The Morgan fingerprint density at radius 2 is 0.727 bits per heavy atom. The van der Waals surface area contributed by atoms with E-state index in [0.717, 1.165) is 0 Å². The van der Waals surface area contributed by atoms with E-state index < -0.39 is 45.5 Å². The summed E-state index contributed by atoms with van der Waals surface area (Å²) in [5.41, 5.74) is 0.668. The zero-order valence-corrected chi connectivity index (χ0v) is 23.6. The molecule has 22 heavy (non-hydrogen) atoms. The van der Waals surface area contributed by atoms with Crippen molar-refractivity contribution in [1.82, 2.24) is 7.60 Å². The second kappa shape index (κ2) is 9.47. The van der Waals surface area contributed by atoms with Gasteiger partial charge < -0.3 is 0 Å². The van der Waals surface area contributed by atoms with Gasteiger partial charge in [0.05, 0.1) is 0 Å². The van der Waals surface area contributed by atoms with Gasteiger partial charge in [-0.25, -0.2) is 0 Å². The summed E-state index contributed by atoms with van der Waals surface area (Å²) in [4.78, 5) is 0. The normalized spacial score (nSPS) is 14.2. The molecule has 136 valence electrons. The Balaban J connectivity index is 0. The number of nitrogens with one attached hydrogen (secondary N) is 2. The standard InChI is InChI=1S/2C4H10N.2C2H7Si.4CH3.2Ti/c2*1-4(2,3)5;2*1-3-2;;;;;;/h2*5H,1-3H3;2*3H,1-2H3;4*1H3;;/q2*-1;;;;;;;2*+1. The molecule has 0 aliphatic carbocycles. The molecule has 0 aromatic rings. The van der Waals surface area contributed by atoms with Crippen LogP contribution in [0.25, 0.3) is 0 Å². The molecule has 0 bridgehead atoms. The van der Waals surface area contributed by atoms with Crippen molar-refractivity contribution in [3.8, 4) is 0 Å². The van der Waals surface area contributed by atoms with E-state index in [2.05, 4.69) is 96.2 Å². The Bertz CT molecular complexity index is 285. The first-order chi connectivity index (χ1) is 9.30. The summed E-state index contributed by atoms with van der Waals surface area (Å²) in [6.45, 7) is 22.7. The average Bonchev–Trinajstić information content (AvgIpc) is 2.09. The van der Waals surface area contributed by atoms with Crippen molar-refractivity contribution in [1.29, 1.82) is 0 Å². The minimum absolute atomic E-state index is 0.334. The van der Waals surface area contributed by atoms with Crippen LogP contribution in [-0.2, 0) is 32.2 Å². The maximum absolute atomic E-state index is 3.84. The van der Waals surface area contributed by atoms with Crippen LogP contribution in [0, 0.1) is 0 Å². The summed E-state index contributed by atoms with van der Waals surface area (Å²) < 4.78 is 7.69. The van der Waals surface area contributed by atoms with Crippen LogP contribution < -0.4 is 7.60 Å². The quantitative estimate of drug-likeness (QED) is 0.625. The summed E-state index contributed by atoms with van der Waals surface area (Å²) in [5, 5.41) is 10.0. The van der Waals surface area contributed by atoms with Crippen LogP contribution in [0.15, 0.2) is 0 Å². The predicted molar refractivity (Wildman–Crippen MR) is 107 cm³/mol. The van der Waals surface area contributed by atoms with E-state index in [1.54, 1.807) is 0 Å². The molecule has 0 rings (SSSR count). The zero-order chi connectivity index (χ0) is 18.6. The van der Waals surface area contributed by atoms with Gasteiger partial charge in [0.15, 0.2) is 0 Å². The molecule has 0 heterocycles. The van der Waals surface area contributed by atoms with Crippen molar-refractivity contribution >= 4 is 13.3 Å². The molecule has 0 saturated heterocycles. The summed E-state index contributed by atoms with van der Waals surface area (Å²) in [6, 6.07) is 0. The summed E-state index contributed by atoms with van der Waals surface area (Å²) >= 11 is -3.03. The van der Waals surface area contributed by atoms with Gasteiger partial charge >= 0.3 is 153 Å². The zero-order valence-electron chi connectivity index (χ0n) is 18.2. The monoisotopic (exact) mass is 418 g/mol. The molecule has 0 aliphatic rings. The van der Waals surface area contributed by atoms with Crippen molar-refractivity contribution in [2.45, 2.75) is 99.7 Å². The van der Waals surface area contributed by atoms with Crippen LogP contribution in [0.2, 0.25) is 47.1 Å². The molecule has 0 saturated carbocycles. The van der Waals surface area contributed by atoms with Gasteiger partial charge in [0, 0.05) is 0 Å². The van der Waals surface area contributed by atoms with E-state index >= 15 is 0 Å². The molecule has 0 aromatic heterocycles. The van der Waals surface area contributed by atoms with E-state index in [0.29, 0.717) is 11.1 Å². The molecule has 0 unspecified atom stereocenters. The van der Waals surface area contributed by atoms with Crippen molar-refractivity contribution < 1.29 is 32.2 Å². The van der Waals surface area contributed by atoms with Gasteiger partial charge in [-0.15, -0.1) is 0 Å². The molecule has 2 N–H and O–H groups in total. The maximum atomic E-state index is 3.84. The number of hydrogen-bond donors (Lipinski definition) is 2.